The largest absolute Gasteiger partial charge is 0.481 e. The van der Waals surface area contributed by atoms with Crippen molar-refractivity contribution >= 4 is 17.6 Å². The van der Waals surface area contributed by atoms with Crippen molar-refractivity contribution in [1.29, 1.82) is 0 Å². The van der Waals surface area contributed by atoms with Crippen LogP contribution >= 0.6 is 11.6 Å². The fourth-order valence-corrected chi connectivity index (χ4v) is 1.89. The molecule has 1 aliphatic rings. The number of carboxylic acids is 1. The molecule has 0 heterocycles. The summed E-state index contributed by atoms with van der Waals surface area (Å²) in [6.07, 6.45) is 1.54. The van der Waals surface area contributed by atoms with E-state index in [1.54, 1.807) is 0 Å². The number of carboxylic acid groups (broad SMARTS) is 1. The van der Waals surface area contributed by atoms with E-state index < -0.39 is 5.97 Å². The minimum Gasteiger partial charge on any atom is -0.481 e. The van der Waals surface area contributed by atoms with E-state index in [1.165, 1.54) is 0 Å². The van der Waals surface area contributed by atoms with Crippen molar-refractivity contribution in [2.75, 3.05) is 0 Å². The number of hydrogen-bond acceptors (Lipinski definition) is 1. The van der Waals surface area contributed by atoms with Crippen LogP contribution in [0.15, 0.2) is 10.6 Å². The summed E-state index contributed by atoms with van der Waals surface area (Å²) >= 11 is 5.97. The van der Waals surface area contributed by atoms with Crippen LogP contribution in [0.4, 0.5) is 0 Å². The van der Waals surface area contributed by atoms with Crippen molar-refractivity contribution < 1.29 is 9.90 Å². The average Bonchev–Trinajstić information content (AvgIpc) is 2.00. The van der Waals surface area contributed by atoms with Gasteiger partial charge in [-0.2, -0.15) is 0 Å². The second-order valence-corrected chi connectivity index (χ2v) is 3.81. The summed E-state index contributed by atoms with van der Waals surface area (Å²) in [5, 5.41) is 9.58. The van der Waals surface area contributed by atoms with Gasteiger partial charge in [-0.3, -0.25) is 4.79 Å². The number of allylic oxidation sites excluding steroid dienone is 2. The maximum atomic E-state index is 10.7. The van der Waals surface area contributed by atoms with Crippen LogP contribution in [0, 0.1) is 11.8 Å². The molecule has 1 N–H and O–H groups in total. The van der Waals surface area contributed by atoms with Gasteiger partial charge in [0.05, 0.1) is 5.92 Å². The number of rotatable bonds is 1. The van der Waals surface area contributed by atoms with Crippen molar-refractivity contribution in [2.24, 2.45) is 11.8 Å². The molecule has 2 atom stereocenters. The lowest BCUT2D eigenvalue weighted by atomic mass is 9.82. The maximum Gasteiger partial charge on any atom is 0.307 e. The Morgan fingerprint density at radius 2 is 2.25 bits per heavy atom. The first-order chi connectivity index (χ1) is 5.54. The van der Waals surface area contributed by atoms with Gasteiger partial charge in [0.1, 0.15) is 0 Å². The third-order valence-electron chi connectivity index (χ3n) is 2.56. The van der Waals surface area contributed by atoms with Crippen LogP contribution in [0.2, 0.25) is 0 Å². The minimum absolute atomic E-state index is 0.0158. The van der Waals surface area contributed by atoms with Crippen molar-refractivity contribution in [3.8, 4) is 0 Å². The Morgan fingerprint density at radius 3 is 2.75 bits per heavy atom. The molecule has 1 rings (SSSR count). The van der Waals surface area contributed by atoms with Gasteiger partial charge in [-0.05, 0) is 19.8 Å². The predicted octanol–water partition coefficient (Wildman–Crippen LogP) is 2.63. The molecule has 0 aromatic heterocycles. The molecule has 2 nitrogen and oxygen atoms in total. The van der Waals surface area contributed by atoms with E-state index in [1.807, 2.05) is 13.8 Å². The first kappa shape index (κ1) is 9.59. The highest BCUT2D eigenvalue weighted by Crippen LogP contribution is 2.36. The summed E-state index contributed by atoms with van der Waals surface area (Å²) in [7, 11) is 0. The summed E-state index contributed by atoms with van der Waals surface area (Å²) in [5.41, 5.74) is 1.14. The molecule has 0 aromatic rings. The smallest absolute Gasteiger partial charge is 0.307 e. The highest BCUT2D eigenvalue weighted by Gasteiger charge is 2.30. The molecule has 2 unspecified atom stereocenters. The zero-order valence-electron chi connectivity index (χ0n) is 7.30. The van der Waals surface area contributed by atoms with Crippen molar-refractivity contribution in [1.82, 2.24) is 0 Å². The molecule has 0 spiro atoms. The number of aliphatic carboxylic acids is 1. The molecule has 3 heteroatoms. The first-order valence-electron chi connectivity index (χ1n) is 4.12. The molecular weight excluding hydrogens is 176 g/mol. The Bertz CT molecular complexity index is 233. The summed E-state index contributed by atoms with van der Waals surface area (Å²) < 4.78 is 0. The molecule has 0 radical (unpaired) electrons. The Labute approximate surface area is 77.2 Å². The van der Waals surface area contributed by atoms with Crippen molar-refractivity contribution in [2.45, 2.75) is 26.7 Å². The lowest BCUT2D eigenvalue weighted by Crippen LogP contribution is -2.25. The molecule has 0 aromatic carbocycles. The first-order valence-corrected chi connectivity index (χ1v) is 4.49. The van der Waals surface area contributed by atoms with Gasteiger partial charge in [-0.25, -0.2) is 0 Å². The second kappa shape index (κ2) is 3.48. The van der Waals surface area contributed by atoms with Gasteiger partial charge >= 0.3 is 5.97 Å². The van der Waals surface area contributed by atoms with Gasteiger partial charge in [-0.15, -0.1) is 0 Å². The highest BCUT2D eigenvalue weighted by molar-refractivity contribution is 6.30. The van der Waals surface area contributed by atoms with Gasteiger partial charge < -0.3 is 5.11 Å². The van der Waals surface area contributed by atoms with Crippen LogP contribution in [0.1, 0.15) is 26.7 Å². The zero-order chi connectivity index (χ0) is 9.30. The zero-order valence-corrected chi connectivity index (χ0v) is 8.06. The standard InChI is InChI=1S/C9H13ClO2/c1-5-3-4-7(9(11)12)6(2)8(5)10/h6-7H,3-4H2,1-2H3,(H,11,12). The molecular formula is C9H13ClO2. The number of carbonyl (C=O) groups is 1. The molecule has 68 valence electrons. The quantitative estimate of drug-likeness (QED) is 0.687. The fraction of sp³-hybridized carbons (Fsp3) is 0.667. The van der Waals surface area contributed by atoms with Gasteiger partial charge in [0.25, 0.3) is 0 Å². The van der Waals surface area contributed by atoms with E-state index in [-0.39, 0.29) is 11.8 Å². The van der Waals surface area contributed by atoms with E-state index in [2.05, 4.69) is 0 Å². The summed E-state index contributed by atoms with van der Waals surface area (Å²) in [6, 6.07) is 0. The third kappa shape index (κ3) is 1.63. The van der Waals surface area contributed by atoms with Crippen molar-refractivity contribution in [3.63, 3.8) is 0 Å². The highest BCUT2D eigenvalue weighted by atomic mass is 35.5. The Kier molecular flexibility index (Phi) is 2.78. The molecule has 1 aliphatic carbocycles. The lowest BCUT2D eigenvalue weighted by molar-refractivity contribution is -0.143. The van der Waals surface area contributed by atoms with E-state index in [0.717, 1.165) is 23.4 Å². The van der Waals surface area contributed by atoms with E-state index in [4.69, 9.17) is 16.7 Å². The van der Waals surface area contributed by atoms with E-state index >= 15 is 0 Å². The topological polar surface area (TPSA) is 37.3 Å². The molecule has 0 fully saturated rings. The molecule has 0 saturated heterocycles. The monoisotopic (exact) mass is 188 g/mol. The predicted molar refractivity (Wildman–Crippen MR) is 48.1 cm³/mol. The number of hydrogen-bond donors (Lipinski definition) is 1. The third-order valence-corrected chi connectivity index (χ3v) is 3.23. The summed E-state index contributed by atoms with van der Waals surface area (Å²) in [6.45, 7) is 3.85. The number of halogens is 1. The van der Waals surface area contributed by atoms with Gasteiger partial charge in [0.15, 0.2) is 0 Å². The van der Waals surface area contributed by atoms with Gasteiger partial charge in [0, 0.05) is 11.0 Å². The molecule has 0 bridgehead atoms. The van der Waals surface area contributed by atoms with Crippen molar-refractivity contribution in [3.05, 3.63) is 10.6 Å². The molecule has 0 amide bonds. The maximum absolute atomic E-state index is 10.7. The van der Waals surface area contributed by atoms with Crippen LogP contribution in [-0.2, 0) is 4.79 Å². The Morgan fingerprint density at radius 1 is 1.67 bits per heavy atom. The fourth-order valence-electron chi connectivity index (χ4n) is 1.64. The summed E-state index contributed by atoms with van der Waals surface area (Å²) in [5.74, 6) is -1.03. The van der Waals surface area contributed by atoms with Crippen LogP contribution in [0.3, 0.4) is 0 Å². The van der Waals surface area contributed by atoms with Gasteiger partial charge in [0.2, 0.25) is 0 Å². The SMILES string of the molecule is CC1=C(Cl)C(C)C(C(=O)O)CC1. The van der Waals surface area contributed by atoms with Gasteiger partial charge in [-0.1, -0.05) is 24.1 Å². The normalized spacial score (nSPS) is 30.6. The van der Waals surface area contributed by atoms with Crippen LogP contribution in [-0.4, -0.2) is 11.1 Å². The Hall–Kier alpha value is -0.500. The van der Waals surface area contributed by atoms with E-state index in [9.17, 15) is 4.79 Å². The second-order valence-electron chi connectivity index (χ2n) is 3.40. The van der Waals surface area contributed by atoms with Crippen LogP contribution in [0.5, 0.6) is 0 Å². The minimum atomic E-state index is -0.729. The van der Waals surface area contributed by atoms with Crippen LogP contribution in [0.25, 0.3) is 0 Å². The van der Waals surface area contributed by atoms with E-state index in [0.29, 0.717) is 0 Å². The molecule has 0 aliphatic heterocycles. The summed E-state index contributed by atoms with van der Waals surface area (Å²) in [4.78, 5) is 10.7. The Balaban J connectivity index is 2.83. The van der Waals surface area contributed by atoms with Crippen LogP contribution < -0.4 is 0 Å². The molecule has 12 heavy (non-hydrogen) atoms. The lowest BCUT2D eigenvalue weighted by Gasteiger charge is -2.26. The average molecular weight is 189 g/mol. The molecule has 0 saturated carbocycles.